The van der Waals surface area contributed by atoms with Gasteiger partial charge in [-0.3, -0.25) is 14.7 Å². The number of H-pyrrole nitrogens is 1. The molecule has 0 aliphatic heterocycles. The molecule has 2 aromatic heterocycles. The summed E-state index contributed by atoms with van der Waals surface area (Å²) in [6.07, 6.45) is 1.39. The molecule has 0 saturated carbocycles. The summed E-state index contributed by atoms with van der Waals surface area (Å²) in [5.41, 5.74) is 5.39. The molecule has 11 heteroatoms. The Morgan fingerprint density at radius 1 is 1.19 bits per heavy atom. The molecule has 1 aromatic carbocycles. The number of thiophene rings is 1. The topological polar surface area (TPSA) is 135 Å². The smallest absolute Gasteiger partial charge is 0.274 e. The summed E-state index contributed by atoms with van der Waals surface area (Å²) in [6.45, 7) is 0. The maximum atomic E-state index is 12.8. The average molecular weight is 455 g/mol. The third-order valence-electron chi connectivity index (χ3n) is 3.34. The van der Waals surface area contributed by atoms with Crippen LogP contribution in [0, 0.1) is 0 Å². The second-order valence-electron chi connectivity index (χ2n) is 5.05. The van der Waals surface area contributed by atoms with Crippen molar-refractivity contribution in [2.24, 2.45) is 5.73 Å². The zero-order valence-corrected chi connectivity index (χ0v) is 16.1. The summed E-state index contributed by atoms with van der Waals surface area (Å²) in [5.74, 6) is -1.42. The fourth-order valence-electron chi connectivity index (χ4n) is 2.06. The van der Waals surface area contributed by atoms with E-state index in [0.717, 1.165) is 21.9 Å². The van der Waals surface area contributed by atoms with E-state index in [2.05, 4.69) is 31.4 Å². The van der Waals surface area contributed by atoms with E-state index in [1.807, 2.05) is 0 Å². The van der Waals surface area contributed by atoms with Crippen LogP contribution >= 0.6 is 27.3 Å². The Morgan fingerprint density at radius 3 is 2.46 bits per heavy atom. The van der Waals surface area contributed by atoms with Crippen molar-refractivity contribution < 1.29 is 18.0 Å². The van der Waals surface area contributed by atoms with Crippen LogP contribution in [-0.2, 0) is 9.84 Å². The lowest BCUT2D eigenvalue weighted by atomic mass is 10.3. The van der Waals surface area contributed by atoms with E-state index in [1.165, 1.54) is 24.4 Å². The van der Waals surface area contributed by atoms with Crippen LogP contribution in [0.15, 0.2) is 56.2 Å². The van der Waals surface area contributed by atoms with Crippen molar-refractivity contribution in [3.63, 3.8) is 0 Å². The molecule has 26 heavy (non-hydrogen) atoms. The van der Waals surface area contributed by atoms with Crippen LogP contribution in [0.4, 0.5) is 5.00 Å². The third-order valence-corrected chi connectivity index (χ3v) is 7.16. The minimum absolute atomic E-state index is 0.0489. The molecule has 134 valence electrons. The van der Waals surface area contributed by atoms with Crippen LogP contribution in [0.5, 0.6) is 0 Å². The number of anilines is 1. The van der Waals surface area contributed by atoms with Crippen molar-refractivity contribution >= 4 is 53.9 Å². The molecule has 0 atom stereocenters. The number of hydrogen-bond acceptors (Lipinski definition) is 6. The van der Waals surface area contributed by atoms with E-state index in [9.17, 15) is 18.0 Å². The van der Waals surface area contributed by atoms with Gasteiger partial charge in [0.2, 0.25) is 9.84 Å². The normalized spacial score (nSPS) is 11.3. The van der Waals surface area contributed by atoms with Crippen LogP contribution in [-0.4, -0.2) is 30.4 Å². The van der Waals surface area contributed by atoms with Gasteiger partial charge < -0.3 is 11.1 Å². The number of hydrogen-bond donors (Lipinski definition) is 3. The van der Waals surface area contributed by atoms with Crippen LogP contribution in [0.3, 0.4) is 0 Å². The SMILES string of the molecule is NC(=O)c1cc(S(=O)(=O)c2ccc(Br)cc2)sc1NC(=O)c1ccn[nH]1. The van der Waals surface area contributed by atoms with E-state index in [-0.39, 0.29) is 25.4 Å². The van der Waals surface area contributed by atoms with Crippen molar-refractivity contribution in [3.8, 4) is 0 Å². The summed E-state index contributed by atoms with van der Waals surface area (Å²) in [4.78, 5) is 23.9. The van der Waals surface area contributed by atoms with Crippen LogP contribution < -0.4 is 11.1 Å². The number of nitrogens with two attached hydrogens (primary N) is 1. The fraction of sp³-hybridized carbons (Fsp3) is 0. The zero-order chi connectivity index (χ0) is 18.9. The number of rotatable bonds is 5. The van der Waals surface area contributed by atoms with Crippen molar-refractivity contribution in [2.45, 2.75) is 9.10 Å². The Balaban J connectivity index is 2.00. The highest BCUT2D eigenvalue weighted by Gasteiger charge is 2.25. The number of carbonyl (C=O) groups excluding carboxylic acids is 2. The number of primary amides is 1. The fourth-order valence-corrected chi connectivity index (χ4v) is 5.09. The summed E-state index contributed by atoms with van der Waals surface area (Å²) in [7, 11) is -3.86. The van der Waals surface area contributed by atoms with Gasteiger partial charge in [-0.2, -0.15) is 5.10 Å². The lowest BCUT2D eigenvalue weighted by molar-refractivity contribution is 0.100. The quantitative estimate of drug-likeness (QED) is 0.543. The summed E-state index contributed by atoms with van der Waals surface area (Å²) < 4.78 is 26.2. The molecule has 4 N–H and O–H groups in total. The van der Waals surface area contributed by atoms with Gasteiger partial charge in [0.25, 0.3) is 11.8 Å². The van der Waals surface area contributed by atoms with Gasteiger partial charge in [-0.15, -0.1) is 11.3 Å². The number of carbonyl (C=O) groups is 2. The first kappa shape index (κ1) is 18.3. The Morgan fingerprint density at radius 2 is 1.88 bits per heavy atom. The van der Waals surface area contributed by atoms with Gasteiger partial charge >= 0.3 is 0 Å². The molecule has 3 aromatic rings. The Hall–Kier alpha value is -2.50. The maximum absolute atomic E-state index is 12.8. The minimum atomic E-state index is -3.86. The zero-order valence-electron chi connectivity index (χ0n) is 12.9. The number of aromatic nitrogens is 2. The Labute approximate surface area is 160 Å². The lowest BCUT2D eigenvalue weighted by Gasteiger charge is -2.02. The number of nitrogens with zero attached hydrogens (tertiary/aromatic N) is 1. The molecule has 0 aliphatic rings. The lowest BCUT2D eigenvalue weighted by Crippen LogP contribution is -2.16. The van der Waals surface area contributed by atoms with E-state index in [1.54, 1.807) is 12.1 Å². The second-order valence-corrected chi connectivity index (χ2v) is 9.20. The molecule has 0 aliphatic carbocycles. The molecular weight excluding hydrogens is 444 g/mol. The van der Waals surface area contributed by atoms with Crippen LogP contribution in [0.2, 0.25) is 0 Å². The molecule has 8 nitrogen and oxygen atoms in total. The highest BCUT2D eigenvalue weighted by atomic mass is 79.9. The van der Waals surface area contributed by atoms with Gasteiger partial charge in [0.1, 0.15) is 14.9 Å². The van der Waals surface area contributed by atoms with Crippen molar-refractivity contribution in [1.29, 1.82) is 0 Å². The first-order chi connectivity index (χ1) is 12.3. The van der Waals surface area contributed by atoms with E-state index >= 15 is 0 Å². The van der Waals surface area contributed by atoms with E-state index in [0.29, 0.717) is 0 Å². The number of benzene rings is 1. The Kier molecular flexibility index (Phi) is 4.94. The first-order valence-corrected chi connectivity index (χ1v) is 10.1. The maximum Gasteiger partial charge on any atom is 0.274 e. The molecule has 0 radical (unpaired) electrons. The summed E-state index contributed by atoms with van der Waals surface area (Å²) >= 11 is 3.99. The molecule has 2 amide bonds. The van der Waals surface area contributed by atoms with Crippen molar-refractivity contribution in [1.82, 2.24) is 10.2 Å². The van der Waals surface area contributed by atoms with E-state index in [4.69, 9.17) is 5.73 Å². The van der Waals surface area contributed by atoms with E-state index < -0.39 is 21.7 Å². The van der Waals surface area contributed by atoms with Gasteiger partial charge in [0, 0.05) is 10.7 Å². The molecule has 0 bridgehead atoms. The standard InChI is InChI=1S/C15H11BrN4O4S2/c16-8-1-3-9(4-2-8)26(23,24)12-7-10(13(17)21)15(25-12)19-14(22)11-5-6-18-20-11/h1-7H,(H2,17,21)(H,18,20)(H,19,22). The second kappa shape index (κ2) is 7.02. The summed E-state index contributed by atoms with van der Waals surface area (Å²) in [5, 5.41) is 8.67. The molecular formula is C15H11BrN4O4S2. The monoisotopic (exact) mass is 454 g/mol. The van der Waals surface area contributed by atoms with Gasteiger partial charge in [0.15, 0.2) is 0 Å². The predicted octanol–water partition coefficient (Wildman–Crippen LogP) is 2.42. The number of amides is 2. The number of halogens is 1. The van der Waals surface area contributed by atoms with Gasteiger partial charge in [0.05, 0.1) is 10.5 Å². The van der Waals surface area contributed by atoms with Gasteiger partial charge in [-0.05, 0) is 36.4 Å². The van der Waals surface area contributed by atoms with Crippen molar-refractivity contribution in [2.75, 3.05) is 5.32 Å². The predicted molar refractivity (Wildman–Crippen MR) is 99.0 cm³/mol. The molecule has 0 unspecified atom stereocenters. The number of aromatic amines is 1. The molecule has 0 spiro atoms. The van der Waals surface area contributed by atoms with Crippen molar-refractivity contribution in [3.05, 3.63) is 58.3 Å². The average Bonchev–Trinajstić information content (AvgIpc) is 3.25. The molecule has 0 saturated heterocycles. The molecule has 0 fully saturated rings. The highest BCUT2D eigenvalue weighted by molar-refractivity contribution is 9.10. The summed E-state index contributed by atoms with van der Waals surface area (Å²) in [6, 6.07) is 8.66. The molecule has 3 rings (SSSR count). The third kappa shape index (κ3) is 3.54. The van der Waals surface area contributed by atoms with Gasteiger partial charge in [-0.1, -0.05) is 15.9 Å². The van der Waals surface area contributed by atoms with Crippen LogP contribution in [0.25, 0.3) is 0 Å². The van der Waals surface area contributed by atoms with Crippen LogP contribution in [0.1, 0.15) is 20.8 Å². The number of nitrogens with one attached hydrogen (secondary N) is 2. The Bertz CT molecular complexity index is 1070. The minimum Gasteiger partial charge on any atom is -0.366 e. The van der Waals surface area contributed by atoms with Gasteiger partial charge in [-0.25, -0.2) is 8.42 Å². The number of sulfone groups is 1. The molecule has 2 heterocycles. The first-order valence-electron chi connectivity index (χ1n) is 7.04. The largest absolute Gasteiger partial charge is 0.366 e. The highest BCUT2D eigenvalue weighted by Crippen LogP contribution is 2.35.